The van der Waals surface area contributed by atoms with Gasteiger partial charge in [0, 0.05) is 6.42 Å². The van der Waals surface area contributed by atoms with Gasteiger partial charge in [0.1, 0.15) is 6.04 Å². The monoisotopic (exact) mass is 359 g/mol. The minimum Gasteiger partial charge on any atom is -0.467 e. The third kappa shape index (κ3) is 6.62. The minimum absolute atomic E-state index is 0.180. The lowest BCUT2D eigenvalue weighted by Crippen LogP contribution is -2.42. The Labute approximate surface area is 140 Å². The first kappa shape index (κ1) is 19.5. The standard InChI is InChI=1S/C15H21NO5S2/c1-21-15(18)13(8-10-22-2)16-14(17)9-11-23(19,20)12-6-4-3-5-7-12/h3-7,13H,8-11H2,1-2H3,(H,16,17)/t13-/m1/s1. The van der Waals surface area contributed by atoms with Gasteiger partial charge in [-0.2, -0.15) is 11.8 Å². The second-order valence-corrected chi connectivity index (χ2v) is 7.90. The molecule has 8 heteroatoms. The zero-order valence-electron chi connectivity index (χ0n) is 13.2. The number of nitrogens with one attached hydrogen (secondary N) is 1. The quantitative estimate of drug-likeness (QED) is 0.668. The van der Waals surface area contributed by atoms with Crippen molar-refractivity contribution in [1.29, 1.82) is 0 Å². The number of sulfone groups is 1. The SMILES string of the molecule is COC(=O)[C@@H](CCSC)NC(=O)CCS(=O)(=O)c1ccccc1. The molecule has 1 aromatic rings. The van der Waals surface area contributed by atoms with E-state index in [2.05, 4.69) is 10.1 Å². The number of methoxy groups -OCH3 is 1. The molecule has 0 radical (unpaired) electrons. The normalized spacial score (nSPS) is 12.4. The van der Waals surface area contributed by atoms with Crippen LogP contribution >= 0.6 is 11.8 Å². The van der Waals surface area contributed by atoms with E-state index >= 15 is 0 Å². The lowest BCUT2D eigenvalue weighted by molar-refractivity contribution is -0.145. The Morgan fingerprint density at radius 1 is 1.26 bits per heavy atom. The van der Waals surface area contributed by atoms with Crippen molar-refractivity contribution in [2.24, 2.45) is 0 Å². The second kappa shape index (κ2) is 9.57. The van der Waals surface area contributed by atoms with Crippen molar-refractivity contribution in [3.63, 3.8) is 0 Å². The molecule has 0 unspecified atom stereocenters. The number of carbonyl (C=O) groups is 2. The molecule has 128 valence electrons. The van der Waals surface area contributed by atoms with E-state index in [1.54, 1.807) is 30.0 Å². The van der Waals surface area contributed by atoms with E-state index in [0.717, 1.165) is 0 Å². The summed E-state index contributed by atoms with van der Waals surface area (Å²) in [7, 11) is -2.26. The van der Waals surface area contributed by atoms with Crippen LogP contribution in [-0.4, -0.2) is 51.2 Å². The number of rotatable bonds is 9. The van der Waals surface area contributed by atoms with Gasteiger partial charge in [-0.15, -0.1) is 0 Å². The minimum atomic E-state index is -3.52. The van der Waals surface area contributed by atoms with Crippen LogP contribution in [0.5, 0.6) is 0 Å². The number of hydrogen-bond acceptors (Lipinski definition) is 6. The third-order valence-corrected chi connectivity index (χ3v) is 5.51. The lowest BCUT2D eigenvalue weighted by atomic mass is 10.2. The van der Waals surface area contributed by atoms with Crippen molar-refractivity contribution in [1.82, 2.24) is 5.32 Å². The molecule has 0 saturated heterocycles. The van der Waals surface area contributed by atoms with Crippen molar-refractivity contribution < 1.29 is 22.7 Å². The van der Waals surface area contributed by atoms with E-state index in [-0.39, 0.29) is 17.1 Å². The molecule has 0 heterocycles. The average molecular weight is 359 g/mol. The summed E-state index contributed by atoms with van der Waals surface area (Å²) in [6.45, 7) is 0. The van der Waals surface area contributed by atoms with Crippen molar-refractivity contribution in [3.8, 4) is 0 Å². The van der Waals surface area contributed by atoms with Crippen LogP contribution in [0.15, 0.2) is 35.2 Å². The summed E-state index contributed by atoms with van der Waals surface area (Å²) >= 11 is 1.54. The van der Waals surface area contributed by atoms with Gasteiger partial charge in [-0.25, -0.2) is 13.2 Å². The molecule has 0 spiro atoms. The molecule has 0 aliphatic rings. The van der Waals surface area contributed by atoms with Gasteiger partial charge in [0.05, 0.1) is 17.8 Å². The molecule has 0 bridgehead atoms. The first-order valence-electron chi connectivity index (χ1n) is 7.04. The summed E-state index contributed by atoms with van der Waals surface area (Å²) in [5.41, 5.74) is 0. The molecule has 23 heavy (non-hydrogen) atoms. The first-order valence-corrected chi connectivity index (χ1v) is 10.1. The van der Waals surface area contributed by atoms with Crippen LogP contribution in [0.1, 0.15) is 12.8 Å². The molecule has 0 aliphatic carbocycles. The fourth-order valence-corrected chi connectivity index (χ4v) is 3.60. The summed E-state index contributed by atoms with van der Waals surface area (Å²) in [5.74, 6) is -0.638. The van der Waals surface area contributed by atoms with Crippen molar-refractivity contribution in [2.75, 3.05) is 24.9 Å². The number of hydrogen-bond donors (Lipinski definition) is 1. The fourth-order valence-electron chi connectivity index (χ4n) is 1.87. The van der Waals surface area contributed by atoms with Crippen LogP contribution in [0.2, 0.25) is 0 Å². The van der Waals surface area contributed by atoms with Gasteiger partial charge in [0.15, 0.2) is 9.84 Å². The number of thioether (sulfide) groups is 1. The lowest BCUT2D eigenvalue weighted by Gasteiger charge is -2.16. The highest BCUT2D eigenvalue weighted by molar-refractivity contribution is 7.98. The van der Waals surface area contributed by atoms with Crippen molar-refractivity contribution >= 4 is 33.5 Å². The molecule has 0 saturated carbocycles. The Morgan fingerprint density at radius 3 is 2.48 bits per heavy atom. The summed E-state index contributed by atoms with van der Waals surface area (Å²) in [5, 5.41) is 2.54. The number of benzene rings is 1. The predicted molar refractivity (Wildman–Crippen MR) is 90.1 cm³/mol. The van der Waals surface area contributed by atoms with E-state index in [4.69, 9.17) is 0 Å². The molecule has 0 aliphatic heterocycles. The van der Waals surface area contributed by atoms with Crippen molar-refractivity contribution in [3.05, 3.63) is 30.3 Å². The van der Waals surface area contributed by atoms with Gasteiger partial charge in [-0.05, 0) is 30.6 Å². The van der Waals surface area contributed by atoms with Crippen LogP contribution in [0.3, 0.4) is 0 Å². The van der Waals surface area contributed by atoms with Gasteiger partial charge in [0.25, 0.3) is 0 Å². The van der Waals surface area contributed by atoms with Crippen LogP contribution in [0.25, 0.3) is 0 Å². The molecular weight excluding hydrogens is 338 g/mol. The molecule has 1 aromatic carbocycles. The van der Waals surface area contributed by atoms with Gasteiger partial charge < -0.3 is 10.1 Å². The van der Waals surface area contributed by atoms with Gasteiger partial charge in [-0.3, -0.25) is 4.79 Å². The molecule has 6 nitrogen and oxygen atoms in total. The zero-order valence-corrected chi connectivity index (χ0v) is 14.8. The average Bonchev–Trinajstić information content (AvgIpc) is 2.57. The topological polar surface area (TPSA) is 89.5 Å². The highest BCUT2D eigenvalue weighted by Gasteiger charge is 2.22. The Balaban J connectivity index is 2.59. The van der Waals surface area contributed by atoms with E-state index < -0.39 is 27.8 Å². The molecule has 1 atom stereocenters. The molecule has 1 N–H and O–H groups in total. The molecular formula is C15H21NO5S2. The Hall–Kier alpha value is -1.54. The number of esters is 1. The Bertz CT molecular complexity index is 616. The number of amides is 1. The summed E-state index contributed by atoms with van der Waals surface area (Å²) in [6, 6.07) is 7.20. The Morgan fingerprint density at radius 2 is 1.91 bits per heavy atom. The largest absolute Gasteiger partial charge is 0.467 e. The van der Waals surface area contributed by atoms with Crippen molar-refractivity contribution in [2.45, 2.75) is 23.8 Å². The van der Waals surface area contributed by atoms with E-state index in [9.17, 15) is 18.0 Å². The van der Waals surface area contributed by atoms with Crippen LogP contribution < -0.4 is 5.32 Å². The van der Waals surface area contributed by atoms with Crippen LogP contribution in [-0.2, 0) is 24.2 Å². The predicted octanol–water partition coefficient (Wildman–Crippen LogP) is 1.26. The Kier molecular flexibility index (Phi) is 8.11. The highest BCUT2D eigenvalue weighted by Crippen LogP contribution is 2.11. The molecule has 1 rings (SSSR count). The summed E-state index contributed by atoms with van der Waals surface area (Å²) < 4.78 is 28.9. The molecule has 0 fully saturated rings. The van der Waals surface area contributed by atoms with Crippen LogP contribution in [0.4, 0.5) is 0 Å². The van der Waals surface area contributed by atoms with Gasteiger partial charge in [0.2, 0.25) is 5.91 Å². The first-order chi connectivity index (χ1) is 10.9. The third-order valence-electron chi connectivity index (χ3n) is 3.13. The second-order valence-electron chi connectivity index (χ2n) is 4.81. The molecule has 1 amide bonds. The maximum atomic E-state index is 12.1. The maximum absolute atomic E-state index is 12.1. The number of ether oxygens (including phenoxy) is 1. The van der Waals surface area contributed by atoms with Gasteiger partial charge >= 0.3 is 5.97 Å². The maximum Gasteiger partial charge on any atom is 0.328 e. The van der Waals surface area contributed by atoms with E-state index in [1.165, 1.54) is 19.2 Å². The zero-order chi connectivity index (χ0) is 17.3. The number of carbonyl (C=O) groups excluding carboxylic acids is 2. The van der Waals surface area contributed by atoms with E-state index in [1.807, 2.05) is 6.26 Å². The fraction of sp³-hybridized carbons (Fsp3) is 0.467. The van der Waals surface area contributed by atoms with Gasteiger partial charge in [-0.1, -0.05) is 18.2 Å². The van der Waals surface area contributed by atoms with Crippen LogP contribution in [0, 0.1) is 0 Å². The smallest absolute Gasteiger partial charge is 0.328 e. The summed E-state index contributed by atoms with van der Waals surface area (Å²) in [6.07, 6.45) is 2.12. The summed E-state index contributed by atoms with van der Waals surface area (Å²) in [4.78, 5) is 23.7. The molecule has 0 aromatic heterocycles. The highest BCUT2D eigenvalue weighted by atomic mass is 32.2. The van der Waals surface area contributed by atoms with E-state index in [0.29, 0.717) is 12.2 Å².